The van der Waals surface area contributed by atoms with Gasteiger partial charge in [0.15, 0.2) is 0 Å². The molecule has 5 heteroatoms. The Bertz CT molecular complexity index is 624. The van der Waals surface area contributed by atoms with Gasteiger partial charge in [-0.2, -0.15) is 0 Å². The highest BCUT2D eigenvalue weighted by Gasteiger charge is 2.13. The molecule has 0 spiro atoms. The summed E-state index contributed by atoms with van der Waals surface area (Å²) in [5, 5.41) is 13.4. The molecule has 0 aliphatic heterocycles. The molecule has 116 valence electrons. The van der Waals surface area contributed by atoms with Crippen LogP contribution in [-0.2, 0) is 4.79 Å². The van der Waals surface area contributed by atoms with Crippen LogP contribution >= 0.6 is 11.6 Å². The highest BCUT2D eigenvalue weighted by atomic mass is 35.5. The first kappa shape index (κ1) is 16.3. The lowest BCUT2D eigenvalue weighted by Gasteiger charge is -2.14. The molecule has 4 nitrogen and oxygen atoms in total. The normalized spacial score (nSPS) is 11.8. The average molecular weight is 319 g/mol. The van der Waals surface area contributed by atoms with Gasteiger partial charge in [-0.15, -0.1) is 0 Å². The van der Waals surface area contributed by atoms with Gasteiger partial charge in [-0.3, -0.25) is 4.79 Å². The topological polar surface area (TPSA) is 52.6 Å². The minimum Gasteiger partial charge on any atom is -0.388 e. The minimum atomic E-state index is -0.849. The first-order valence-corrected chi connectivity index (χ1v) is 7.34. The molecule has 2 rings (SSSR count). The summed E-state index contributed by atoms with van der Waals surface area (Å²) in [5.41, 5.74) is 2.43. The molecule has 1 unspecified atom stereocenters. The Labute approximate surface area is 135 Å². The maximum atomic E-state index is 12.0. The molecular formula is C17H19ClN2O2. The molecule has 2 aromatic carbocycles. The average Bonchev–Trinajstić information content (AvgIpc) is 2.48. The lowest BCUT2D eigenvalue weighted by molar-refractivity contribution is -0.118. The van der Waals surface area contributed by atoms with Gasteiger partial charge in [0.1, 0.15) is 0 Å². The van der Waals surface area contributed by atoms with Crippen molar-refractivity contribution in [2.24, 2.45) is 0 Å². The van der Waals surface area contributed by atoms with Crippen molar-refractivity contribution >= 4 is 28.9 Å². The molecule has 0 fully saturated rings. The van der Waals surface area contributed by atoms with E-state index < -0.39 is 6.10 Å². The summed E-state index contributed by atoms with van der Waals surface area (Å²) in [4.78, 5) is 14.0. The van der Waals surface area contributed by atoms with Gasteiger partial charge in [-0.1, -0.05) is 23.7 Å². The number of anilines is 2. The van der Waals surface area contributed by atoms with Crippen molar-refractivity contribution in [3.63, 3.8) is 0 Å². The maximum absolute atomic E-state index is 12.0. The predicted octanol–water partition coefficient (Wildman–Crippen LogP) is 3.47. The fourth-order valence-electron chi connectivity index (χ4n) is 2.03. The van der Waals surface area contributed by atoms with Crippen LogP contribution in [0.2, 0.25) is 5.02 Å². The van der Waals surface area contributed by atoms with Gasteiger partial charge in [-0.05, 0) is 42.0 Å². The number of carbonyl (C=O) groups is 1. The molecule has 0 heterocycles. The van der Waals surface area contributed by atoms with Crippen LogP contribution < -0.4 is 10.2 Å². The van der Waals surface area contributed by atoms with Gasteiger partial charge in [0.05, 0.1) is 12.5 Å². The van der Waals surface area contributed by atoms with E-state index in [-0.39, 0.29) is 12.3 Å². The number of nitrogens with one attached hydrogen (secondary N) is 1. The van der Waals surface area contributed by atoms with Crippen molar-refractivity contribution in [3.05, 3.63) is 59.1 Å². The fraction of sp³-hybridized carbons (Fsp3) is 0.235. The van der Waals surface area contributed by atoms with E-state index in [2.05, 4.69) is 5.32 Å². The number of carbonyl (C=O) groups excluding carboxylic acids is 1. The van der Waals surface area contributed by atoms with Crippen LogP contribution in [0.15, 0.2) is 48.5 Å². The molecule has 22 heavy (non-hydrogen) atoms. The number of aliphatic hydroxyl groups is 1. The summed E-state index contributed by atoms with van der Waals surface area (Å²) < 4.78 is 0. The number of hydrogen-bond donors (Lipinski definition) is 2. The SMILES string of the molecule is CN(C)c1ccc(NC(=O)CC(O)c2ccc(Cl)cc2)cc1. The molecule has 0 bridgehead atoms. The van der Waals surface area contributed by atoms with Gasteiger partial charge in [-0.25, -0.2) is 0 Å². The molecule has 2 aromatic rings. The zero-order valence-electron chi connectivity index (χ0n) is 12.6. The lowest BCUT2D eigenvalue weighted by atomic mass is 10.1. The lowest BCUT2D eigenvalue weighted by Crippen LogP contribution is -2.15. The standard InChI is InChI=1S/C17H19ClN2O2/c1-20(2)15-9-7-14(8-10-15)19-17(22)11-16(21)12-3-5-13(18)6-4-12/h3-10,16,21H,11H2,1-2H3,(H,19,22). The third kappa shape index (κ3) is 4.48. The van der Waals surface area contributed by atoms with Crippen molar-refractivity contribution in [1.82, 2.24) is 0 Å². The molecule has 0 aliphatic carbocycles. The molecule has 0 radical (unpaired) electrons. The second-order valence-electron chi connectivity index (χ2n) is 5.26. The Kier molecular flexibility index (Phi) is 5.41. The summed E-state index contributed by atoms with van der Waals surface area (Å²) in [7, 11) is 3.91. The molecule has 0 aliphatic rings. The number of halogens is 1. The van der Waals surface area contributed by atoms with Crippen molar-refractivity contribution < 1.29 is 9.90 Å². The Balaban J connectivity index is 1.93. The highest BCUT2D eigenvalue weighted by Crippen LogP contribution is 2.20. The Morgan fingerprint density at radius 3 is 2.27 bits per heavy atom. The number of aliphatic hydroxyl groups excluding tert-OH is 1. The summed E-state index contributed by atoms with van der Waals surface area (Å²) >= 11 is 5.80. The highest BCUT2D eigenvalue weighted by molar-refractivity contribution is 6.30. The molecule has 0 saturated heterocycles. The Hall–Kier alpha value is -2.04. The number of nitrogens with zero attached hydrogens (tertiary/aromatic N) is 1. The van der Waals surface area contributed by atoms with Crippen LogP contribution in [-0.4, -0.2) is 25.1 Å². The zero-order valence-corrected chi connectivity index (χ0v) is 13.3. The Morgan fingerprint density at radius 2 is 1.73 bits per heavy atom. The van der Waals surface area contributed by atoms with Gasteiger partial charge in [0.2, 0.25) is 5.91 Å². The van der Waals surface area contributed by atoms with Crippen LogP contribution in [0, 0.1) is 0 Å². The molecule has 1 amide bonds. The second kappa shape index (κ2) is 7.29. The van der Waals surface area contributed by atoms with E-state index in [4.69, 9.17) is 11.6 Å². The van der Waals surface area contributed by atoms with Gasteiger partial charge in [0, 0.05) is 30.5 Å². The monoisotopic (exact) mass is 318 g/mol. The minimum absolute atomic E-state index is 0.00291. The fourth-order valence-corrected chi connectivity index (χ4v) is 2.16. The summed E-state index contributed by atoms with van der Waals surface area (Å²) in [6.07, 6.45) is -0.852. The van der Waals surface area contributed by atoms with Crippen LogP contribution in [0.4, 0.5) is 11.4 Å². The first-order valence-electron chi connectivity index (χ1n) is 6.96. The number of rotatable bonds is 5. The van der Waals surface area contributed by atoms with Gasteiger partial charge in [0.25, 0.3) is 0 Å². The molecule has 0 saturated carbocycles. The number of benzene rings is 2. The maximum Gasteiger partial charge on any atom is 0.227 e. The third-order valence-corrected chi connectivity index (χ3v) is 3.55. The number of amides is 1. The van der Waals surface area contributed by atoms with E-state index in [9.17, 15) is 9.90 Å². The van der Waals surface area contributed by atoms with E-state index in [1.807, 2.05) is 43.3 Å². The van der Waals surface area contributed by atoms with Crippen LogP contribution in [0.3, 0.4) is 0 Å². The van der Waals surface area contributed by atoms with Crippen LogP contribution in [0.25, 0.3) is 0 Å². The predicted molar refractivity (Wildman–Crippen MR) is 90.4 cm³/mol. The third-order valence-electron chi connectivity index (χ3n) is 3.30. The van der Waals surface area contributed by atoms with Crippen molar-refractivity contribution in [2.45, 2.75) is 12.5 Å². The van der Waals surface area contributed by atoms with E-state index in [1.165, 1.54) is 0 Å². The first-order chi connectivity index (χ1) is 10.5. The molecule has 0 aromatic heterocycles. The number of hydrogen-bond acceptors (Lipinski definition) is 3. The van der Waals surface area contributed by atoms with Crippen LogP contribution in [0.1, 0.15) is 18.1 Å². The summed E-state index contributed by atoms with van der Waals surface area (Å²) in [6, 6.07) is 14.3. The van der Waals surface area contributed by atoms with Gasteiger partial charge >= 0.3 is 0 Å². The van der Waals surface area contributed by atoms with E-state index >= 15 is 0 Å². The van der Waals surface area contributed by atoms with Crippen LogP contribution in [0.5, 0.6) is 0 Å². The van der Waals surface area contributed by atoms with Crippen molar-refractivity contribution in [3.8, 4) is 0 Å². The van der Waals surface area contributed by atoms with E-state index in [0.717, 1.165) is 5.69 Å². The van der Waals surface area contributed by atoms with Gasteiger partial charge < -0.3 is 15.3 Å². The summed E-state index contributed by atoms with van der Waals surface area (Å²) in [5.74, 6) is -0.236. The molecule has 2 N–H and O–H groups in total. The smallest absolute Gasteiger partial charge is 0.227 e. The quantitative estimate of drug-likeness (QED) is 0.887. The largest absolute Gasteiger partial charge is 0.388 e. The van der Waals surface area contributed by atoms with E-state index in [1.54, 1.807) is 24.3 Å². The molecular weight excluding hydrogens is 300 g/mol. The molecule has 1 atom stereocenters. The second-order valence-corrected chi connectivity index (χ2v) is 5.70. The van der Waals surface area contributed by atoms with E-state index in [0.29, 0.717) is 16.3 Å². The summed E-state index contributed by atoms with van der Waals surface area (Å²) in [6.45, 7) is 0. The van der Waals surface area contributed by atoms with Crippen molar-refractivity contribution in [1.29, 1.82) is 0 Å². The zero-order chi connectivity index (χ0) is 16.1. The van der Waals surface area contributed by atoms with Crippen molar-refractivity contribution in [2.75, 3.05) is 24.3 Å². The Morgan fingerprint density at radius 1 is 1.14 bits per heavy atom.